The molecular weight excluding hydrogens is 388 g/mol. The van der Waals surface area contributed by atoms with Gasteiger partial charge in [0.2, 0.25) is 11.8 Å². The minimum absolute atomic E-state index is 0.0436. The predicted molar refractivity (Wildman–Crippen MR) is 108 cm³/mol. The highest BCUT2D eigenvalue weighted by molar-refractivity contribution is 5.76. The van der Waals surface area contributed by atoms with Crippen LogP contribution in [0.5, 0.6) is 5.75 Å². The molecule has 0 bridgehead atoms. The number of rotatable bonds is 2. The van der Waals surface area contributed by atoms with Crippen LogP contribution in [0, 0.1) is 0 Å². The molecule has 2 aromatic rings. The molecule has 1 atom stereocenters. The molecule has 9 nitrogen and oxygen atoms in total. The molecule has 30 heavy (non-hydrogen) atoms. The number of likely N-dealkylation sites (tertiary alicyclic amines) is 1. The summed E-state index contributed by atoms with van der Waals surface area (Å²) in [6, 6.07) is 8.85. The largest absolute Gasteiger partial charge is 0.483 e. The zero-order valence-electron chi connectivity index (χ0n) is 16.8. The number of amides is 2. The van der Waals surface area contributed by atoms with Gasteiger partial charge in [0.25, 0.3) is 5.56 Å². The Bertz CT molecular complexity index is 1090. The summed E-state index contributed by atoms with van der Waals surface area (Å²) < 4.78 is 7.61. The number of fused-ring (bicyclic) bond motifs is 1. The average Bonchev–Trinajstić information content (AvgIpc) is 2.86. The van der Waals surface area contributed by atoms with Crippen LogP contribution in [0.1, 0.15) is 25.3 Å². The SMILES string of the molecule is CC(=O)N1Cc2ccccc2O[C@@]2(CCCN(C(=O)Cn3ccc(=O)[nH]c3=O)C2)C1. The molecule has 1 spiro atoms. The maximum absolute atomic E-state index is 12.9. The van der Waals surface area contributed by atoms with Crippen LogP contribution in [0.4, 0.5) is 0 Å². The Morgan fingerprint density at radius 1 is 1.13 bits per heavy atom. The summed E-state index contributed by atoms with van der Waals surface area (Å²) in [6.07, 6.45) is 2.75. The summed E-state index contributed by atoms with van der Waals surface area (Å²) in [4.78, 5) is 53.9. The molecule has 9 heteroatoms. The Balaban J connectivity index is 1.58. The third-order valence-corrected chi connectivity index (χ3v) is 5.68. The van der Waals surface area contributed by atoms with Crippen LogP contribution in [0.15, 0.2) is 46.1 Å². The van der Waals surface area contributed by atoms with E-state index in [1.54, 1.807) is 9.80 Å². The quantitative estimate of drug-likeness (QED) is 0.766. The van der Waals surface area contributed by atoms with E-state index in [4.69, 9.17) is 4.74 Å². The fourth-order valence-corrected chi connectivity index (χ4v) is 4.17. The molecule has 0 aliphatic carbocycles. The summed E-state index contributed by atoms with van der Waals surface area (Å²) in [5.74, 6) is 0.448. The van der Waals surface area contributed by atoms with Gasteiger partial charge in [0.1, 0.15) is 17.9 Å². The van der Waals surface area contributed by atoms with E-state index in [2.05, 4.69) is 4.98 Å². The lowest BCUT2D eigenvalue weighted by Gasteiger charge is -2.43. The van der Waals surface area contributed by atoms with E-state index in [0.717, 1.165) is 17.7 Å². The molecule has 1 aromatic heterocycles. The number of nitrogens with one attached hydrogen (secondary N) is 1. The first-order valence-electron chi connectivity index (χ1n) is 9.95. The monoisotopic (exact) mass is 412 g/mol. The Kier molecular flexibility index (Phi) is 5.19. The lowest BCUT2D eigenvalue weighted by molar-refractivity contribution is -0.140. The van der Waals surface area contributed by atoms with Gasteiger partial charge < -0.3 is 14.5 Å². The Morgan fingerprint density at radius 2 is 1.90 bits per heavy atom. The van der Waals surface area contributed by atoms with Crippen molar-refractivity contribution in [1.82, 2.24) is 19.4 Å². The van der Waals surface area contributed by atoms with Gasteiger partial charge in [-0.15, -0.1) is 0 Å². The van der Waals surface area contributed by atoms with Crippen molar-refractivity contribution in [3.63, 3.8) is 0 Å². The molecule has 1 N–H and O–H groups in total. The standard InChI is InChI=1S/C21H24N4O5/c1-15(26)25-11-16-5-2-3-6-17(16)30-21(14-25)8-4-9-24(13-21)19(28)12-23-10-7-18(27)22-20(23)29/h2-3,5-7,10H,4,8-9,11-14H2,1H3,(H,22,27,29)/t21-/m1/s1. The van der Waals surface area contributed by atoms with Crippen LogP contribution in [0.3, 0.4) is 0 Å². The molecule has 1 aromatic carbocycles. The minimum Gasteiger partial charge on any atom is -0.483 e. The molecule has 0 unspecified atom stereocenters. The summed E-state index contributed by atoms with van der Waals surface area (Å²) in [6.45, 7) is 3.09. The summed E-state index contributed by atoms with van der Waals surface area (Å²) >= 11 is 0. The van der Waals surface area contributed by atoms with Crippen molar-refractivity contribution in [3.05, 3.63) is 62.9 Å². The van der Waals surface area contributed by atoms with E-state index in [1.807, 2.05) is 24.3 Å². The molecule has 2 aliphatic heterocycles. The number of para-hydroxylation sites is 1. The highest BCUT2D eigenvalue weighted by atomic mass is 16.5. The van der Waals surface area contributed by atoms with Gasteiger partial charge in [0.15, 0.2) is 0 Å². The highest BCUT2D eigenvalue weighted by Crippen LogP contribution is 2.34. The number of piperidine rings is 1. The van der Waals surface area contributed by atoms with Crippen molar-refractivity contribution < 1.29 is 14.3 Å². The van der Waals surface area contributed by atoms with Crippen LogP contribution in [-0.2, 0) is 22.7 Å². The van der Waals surface area contributed by atoms with E-state index in [-0.39, 0.29) is 18.4 Å². The van der Waals surface area contributed by atoms with Crippen molar-refractivity contribution in [1.29, 1.82) is 0 Å². The van der Waals surface area contributed by atoms with E-state index >= 15 is 0 Å². The van der Waals surface area contributed by atoms with Crippen LogP contribution in [0.25, 0.3) is 0 Å². The molecular formula is C21H24N4O5. The zero-order chi connectivity index (χ0) is 21.3. The van der Waals surface area contributed by atoms with Gasteiger partial charge in [-0.3, -0.25) is 23.9 Å². The first-order valence-corrected chi connectivity index (χ1v) is 9.95. The number of hydrogen-bond acceptors (Lipinski definition) is 5. The van der Waals surface area contributed by atoms with Crippen LogP contribution < -0.4 is 16.0 Å². The van der Waals surface area contributed by atoms with Gasteiger partial charge in [-0.25, -0.2) is 4.79 Å². The second-order valence-corrected chi connectivity index (χ2v) is 7.92. The lowest BCUT2D eigenvalue weighted by atomic mass is 9.91. The number of benzene rings is 1. The van der Waals surface area contributed by atoms with Gasteiger partial charge in [-0.05, 0) is 18.9 Å². The van der Waals surface area contributed by atoms with Gasteiger partial charge in [-0.1, -0.05) is 18.2 Å². The van der Waals surface area contributed by atoms with E-state index in [1.165, 1.54) is 23.8 Å². The number of hydrogen-bond donors (Lipinski definition) is 1. The number of aromatic amines is 1. The molecule has 1 saturated heterocycles. The minimum atomic E-state index is -0.706. The van der Waals surface area contributed by atoms with Crippen molar-refractivity contribution in [2.75, 3.05) is 19.6 Å². The smallest absolute Gasteiger partial charge is 0.328 e. The first-order chi connectivity index (χ1) is 14.3. The summed E-state index contributed by atoms with van der Waals surface area (Å²) in [5.41, 5.74) is -0.893. The van der Waals surface area contributed by atoms with Gasteiger partial charge in [0.05, 0.1) is 13.1 Å². The maximum atomic E-state index is 12.9. The van der Waals surface area contributed by atoms with Crippen molar-refractivity contribution in [2.45, 2.75) is 38.5 Å². The predicted octanol–water partition coefficient (Wildman–Crippen LogP) is 0.339. The van der Waals surface area contributed by atoms with E-state index in [0.29, 0.717) is 32.6 Å². The van der Waals surface area contributed by atoms with Gasteiger partial charge in [0, 0.05) is 37.8 Å². The fraction of sp³-hybridized carbons (Fsp3) is 0.429. The second kappa shape index (κ2) is 7.81. The molecule has 0 saturated carbocycles. The molecule has 0 radical (unpaired) electrons. The molecule has 1 fully saturated rings. The second-order valence-electron chi connectivity index (χ2n) is 7.92. The number of ether oxygens (including phenoxy) is 1. The number of nitrogens with zero attached hydrogens (tertiary/aromatic N) is 3. The fourth-order valence-electron chi connectivity index (χ4n) is 4.17. The van der Waals surface area contributed by atoms with Crippen LogP contribution >= 0.6 is 0 Å². The van der Waals surface area contributed by atoms with Crippen molar-refractivity contribution >= 4 is 11.8 Å². The van der Waals surface area contributed by atoms with E-state index in [9.17, 15) is 19.2 Å². The Hall–Kier alpha value is -3.36. The number of carbonyl (C=O) groups excluding carboxylic acids is 2. The topological polar surface area (TPSA) is 105 Å². The molecule has 158 valence electrons. The van der Waals surface area contributed by atoms with E-state index < -0.39 is 16.9 Å². The van der Waals surface area contributed by atoms with Crippen LogP contribution in [-0.4, -0.2) is 56.4 Å². The van der Waals surface area contributed by atoms with Crippen molar-refractivity contribution in [3.8, 4) is 5.75 Å². The Morgan fingerprint density at radius 3 is 2.67 bits per heavy atom. The summed E-state index contributed by atoms with van der Waals surface area (Å²) in [5, 5.41) is 0. The number of aromatic nitrogens is 2. The summed E-state index contributed by atoms with van der Waals surface area (Å²) in [7, 11) is 0. The van der Waals surface area contributed by atoms with Crippen LogP contribution in [0.2, 0.25) is 0 Å². The first kappa shape index (κ1) is 19.9. The molecule has 4 rings (SSSR count). The van der Waals surface area contributed by atoms with Crippen molar-refractivity contribution in [2.24, 2.45) is 0 Å². The van der Waals surface area contributed by atoms with Gasteiger partial charge >= 0.3 is 5.69 Å². The maximum Gasteiger partial charge on any atom is 0.328 e. The average molecular weight is 412 g/mol. The highest BCUT2D eigenvalue weighted by Gasteiger charge is 2.43. The molecule has 3 heterocycles. The molecule has 2 aliphatic rings. The lowest BCUT2D eigenvalue weighted by Crippen LogP contribution is -2.59. The third-order valence-electron chi connectivity index (χ3n) is 5.68. The molecule has 2 amide bonds. The third kappa shape index (κ3) is 4.00. The Labute approximate surface area is 172 Å². The van der Waals surface area contributed by atoms with Gasteiger partial charge in [-0.2, -0.15) is 0 Å². The number of carbonyl (C=O) groups is 2. The zero-order valence-corrected chi connectivity index (χ0v) is 16.8. The normalized spacial score (nSPS) is 21.0. The number of H-pyrrole nitrogens is 1.